The number of nitrogens with one attached hydrogen (secondary N) is 2. The maximum atomic E-state index is 5.64. The zero-order valence-corrected chi connectivity index (χ0v) is 13.5. The molecule has 4 rings (SSSR count). The van der Waals surface area contributed by atoms with Gasteiger partial charge in [-0.15, -0.1) is 11.3 Å². The van der Waals surface area contributed by atoms with Crippen LogP contribution < -0.4 is 10.6 Å². The standard InChI is InChI=1S/C16H22N4OS/c1-3-11(4-1)20-15-14-7-13(22-16(14)19-10-18-15)9-17-8-12-5-2-6-21-12/h7,10-12,17H,1-6,8-9H2,(H,18,19,20). The number of thiophene rings is 1. The number of rotatable bonds is 6. The van der Waals surface area contributed by atoms with Crippen LogP contribution in [-0.4, -0.2) is 35.3 Å². The average molecular weight is 318 g/mol. The van der Waals surface area contributed by atoms with Crippen LogP contribution >= 0.6 is 11.3 Å². The first-order chi connectivity index (χ1) is 10.9. The van der Waals surface area contributed by atoms with E-state index in [2.05, 4.69) is 26.7 Å². The molecule has 2 N–H and O–H groups in total. The van der Waals surface area contributed by atoms with Crippen LogP contribution in [0.25, 0.3) is 10.2 Å². The predicted octanol–water partition coefficient (Wildman–Crippen LogP) is 2.92. The van der Waals surface area contributed by atoms with Crippen LogP contribution in [0.4, 0.5) is 5.82 Å². The van der Waals surface area contributed by atoms with E-state index in [1.807, 2.05) is 0 Å². The van der Waals surface area contributed by atoms with E-state index in [1.54, 1.807) is 17.7 Å². The summed E-state index contributed by atoms with van der Waals surface area (Å²) in [6.45, 7) is 2.73. The molecule has 118 valence electrons. The first-order valence-corrected chi connectivity index (χ1v) is 9.02. The second-order valence-corrected chi connectivity index (χ2v) is 7.31. The molecule has 1 saturated carbocycles. The van der Waals surface area contributed by atoms with Gasteiger partial charge in [-0.1, -0.05) is 0 Å². The Kier molecular flexibility index (Phi) is 4.23. The number of ether oxygens (including phenoxy) is 1. The Balaban J connectivity index is 1.41. The molecule has 2 fully saturated rings. The van der Waals surface area contributed by atoms with Crippen LogP contribution in [0.5, 0.6) is 0 Å². The van der Waals surface area contributed by atoms with Gasteiger partial charge in [0.15, 0.2) is 0 Å². The van der Waals surface area contributed by atoms with Crippen molar-refractivity contribution in [1.29, 1.82) is 0 Å². The van der Waals surface area contributed by atoms with Crippen molar-refractivity contribution in [1.82, 2.24) is 15.3 Å². The van der Waals surface area contributed by atoms with Crippen molar-refractivity contribution in [3.8, 4) is 0 Å². The molecule has 1 saturated heterocycles. The summed E-state index contributed by atoms with van der Waals surface area (Å²) < 4.78 is 5.64. The lowest BCUT2D eigenvalue weighted by molar-refractivity contribution is 0.110. The van der Waals surface area contributed by atoms with Crippen LogP contribution in [0.2, 0.25) is 0 Å². The number of fused-ring (bicyclic) bond motifs is 1. The molecule has 2 aliphatic rings. The molecule has 0 radical (unpaired) electrons. The summed E-state index contributed by atoms with van der Waals surface area (Å²) >= 11 is 1.75. The van der Waals surface area contributed by atoms with Gasteiger partial charge in [-0.25, -0.2) is 9.97 Å². The molecular weight excluding hydrogens is 296 g/mol. The highest BCUT2D eigenvalue weighted by molar-refractivity contribution is 7.18. The van der Waals surface area contributed by atoms with Crippen molar-refractivity contribution >= 4 is 27.4 Å². The van der Waals surface area contributed by atoms with E-state index >= 15 is 0 Å². The molecule has 6 heteroatoms. The molecule has 2 aromatic rings. The van der Waals surface area contributed by atoms with E-state index in [-0.39, 0.29) is 0 Å². The van der Waals surface area contributed by atoms with Crippen molar-refractivity contribution < 1.29 is 4.74 Å². The summed E-state index contributed by atoms with van der Waals surface area (Å²) in [5.41, 5.74) is 0. The maximum absolute atomic E-state index is 5.64. The van der Waals surface area contributed by atoms with Gasteiger partial charge in [0.25, 0.3) is 0 Å². The van der Waals surface area contributed by atoms with Crippen LogP contribution in [0.15, 0.2) is 12.4 Å². The zero-order chi connectivity index (χ0) is 14.8. The lowest BCUT2D eigenvalue weighted by Gasteiger charge is -2.27. The fraction of sp³-hybridized carbons (Fsp3) is 0.625. The molecular formula is C16H22N4OS. The highest BCUT2D eigenvalue weighted by atomic mass is 32.1. The first kappa shape index (κ1) is 14.4. The van der Waals surface area contributed by atoms with Crippen LogP contribution in [-0.2, 0) is 11.3 Å². The third-order valence-electron chi connectivity index (χ3n) is 4.52. The molecule has 0 amide bonds. The van der Waals surface area contributed by atoms with Gasteiger partial charge >= 0.3 is 0 Å². The molecule has 0 bridgehead atoms. The molecule has 2 aromatic heterocycles. The SMILES string of the molecule is c1nc(NC2CCC2)c2cc(CNCC3CCCO3)sc2n1. The van der Waals surface area contributed by atoms with Gasteiger partial charge < -0.3 is 15.4 Å². The number of hydrogen-bond donors (Lipinski definition) is 2. The molecule has 1 aliphatic carbocycles. The Labute approximate surface area is 134 Å². The Morgan fingerprint density at radius 1 is 1.23 bits per heavy atom. The van der Waals surface area contributed by atoms with E-state index in [4.69, 9.17) is 4.74 Å². The zero-order valence-electron chi connectivity index (χ0n) is 12.7. The Morgan fingerprint density at radius 3 is 2.95 bits per heavy atom. The highest BCUT2D eigenvalue weighted by Gasteiger charge is 2.19. The van der Waals surface area contributed by atoms with Crippen LogP contribution in [0.1, 0.15) is 37.0 Å². The van der Waals surface area contributed by atoms with Crippen LogP contribution in [0, 0.1) is 0 Å². The monoisotopic (exact) mass is 318 g/mol. The van der Waals surface area contributed by atoms with Gasteiger partial charge in [0.05, 0.1) is 11.5 Å². The van der Waals surface area contributed by atoms with Gasteiger partial charge in [-0.2, -0.15) is 0 Å². The molecule has 5 nitrogen and oxygen atoms in total. The minimum atomic E-state index is 0.394. The van der Waals surface area contributed by atoms with E-state index in [0.29, 0.717) is 12.1 Å². The minimum absolute atomic E-state index is 0.394. The second-order valence-electron chi connectivity index (χ2n) is 6.19. The summed E-state index contributed by atoms with van der Waals surface area (Å²) in [4.78, 5) is 11.2. The normalized spacial score (nSPS) is 22.1. The summed E-state index contributed by atoms with van der Waals surface area (Å²) in [5.74, 6) is 0.997. The Morgan fingerprint density at radius 2 is 2.18 bits per heavy atom. The van der Waals surface area contributed by atoms with E-state index in [0.717, 1.165) is 35.7 Å². The number of anilines is 1. The lowest BCUT2D eigenvalue weighted by Crippen LogP contribution is -2.27. The molecule has 3 heterocycles. The molecule has 1 atom stereocenters. The van der Waals surface area contributed by atoms with Crippen molar-refractivity contribution in [2.45, 2.75) is 50.8 Å². The summed E-state index contributed by atoms with van der Waals surface area (Å²) in [7, 11) is 0. The molecule has 22 heavy (non-hydrogen) atoms. The van der Waals surface area contributed by atoms with E-state index in [9.17, 15) is 0 Å². The summed E-state index contributed by atoms with van der Waals surface area (Å²) in [6.07, 6.45) is 8.28. The first-order valence-electron chi connectivity index (χ1n) is 8.21. The molecule has 1 unspecified atom stereocenters. The third kappa shape index (κ3) is 3.09. The minimum Gasteiger partial charge on any atom is -0.377 e. The predicted molar refractivity (Wildman–Crippen MR) is 89.4 cm³/mol. The Hall–Kier alpha value is -1.24. The smallest absolute Gasteiger partial charge is 0.138 e. The second kappa shape index (κ2) is 6.48. The maximum Gasteiger partial charge on any atom is 0.138 e. The summed E-state index contributed by atoms with van der Waals surface area (Å²) in [5, 5.41) is 8.22. The van der Waals surface area contributed by atoms with Gasteiger partial charge in [0, 0.05) is 30.6 Å². The summed E-state index contributed by atoms with van der Waals surface area (Å²) in [6, 6.07) is 2.82. The molecule has 1 aliphatic heterocycles. The van der Waals surface area contributed by atoms with Crippen LogP contribution in [0.3, 0.4) is 0 Å². The van der Waals surface area contributed by atoms with Crippen molar-refractivity contribution in [2.24, 2.45) is 0 Å². The highest BCUT2D eigenvalue weighted by Crippen LogP contribution is 2.30. The van der Waals surface area contributed by atoms with E-state index in [1.165, 1.54) is 37.0 Å². The largest absolute Gasteiger partial charge is 0.377 e. The molecule has 0 aromatic carbocycles. The van der Waals surface area contributed by atoms with Gasteiger partial charge in [-0.3, -0.25) is 0 Å². The van der Waals surface area contributed by atoms with E-state index < -0.39 is 0 Å². The van der Waals surface area contributed by atoms with Crippen molar-refractivity contribution in [3.05, 3.63) is 17.3 Å². The van der Waals surface area contributed by atoms with Crippen molar-refractivity contribution in [2.75, 3.05) is 18.5 Å². The number of aromatic nitrogens is 2. The van der Waals surface area contributed by atoms with Gasteiger partial charge in [-0.05, 0) is 38.2 Å². The fourth-order valence-electron chi connectivity index (χ4n) is 3.02. The quantitative estimate of drug-likeness (QED) is 0.857. The fourth-order valence-corrected chi connectivity index (χ4v) is 3.98. The van der Waals surface area contributed by atoms with Gasteiger partial charge in [0.2, 0.25) is 0 Å². The molecule has 0 spiro atoms. The lowest BCUT2D eigenvalue weighted by atomic mass is 9.93. The average Bonchev–Trinajstić information content (AvgIpc) is 3.12. The third-order valence-corrected chi connectivity index (χ3v) is 5.56. The number of nitrogens with zero attached hydrogens (tertiary/aromatic N) is 2. The Bertz CT molecular complexity index is 634. The topological polar surface area (TPSA) is 59.1 Å². The number of hydrogen-bond acceptors (Lipinski definition) is 6. The van der Waals surface area contributed by atoms with Crippen molar-refractivity contribution in [3.63, 3.8) is 0 Å². The van der Waals surface area contributed by atoms with Gasteiger partial charge in [0.1, 0.15) is 17.0 Å².